The van der Waals surface area contributed by atoms with E-state index in [2.05, 4.69) is 22.5 Å². The molecule has 0 atom stereocenters. The second kappa shape index (κ2) is 11.1. The number of rotatable bonds is 11. The maximum atomic E-state index is 11.8. The van der Waals surface area contributed by atoms with Crippen LogP contribution in [0.5, 0.6) is 11.5 Å². The predicted octanol–water partition coefficient (Wildman–Crippen LogP) is 3.76. The van der Waals surface area contributed by atoms with Gasteiger partial charge in [0.2, 0.25) is 5.75 Å². The van der Waals surface area contributed by atoms with Crippen molar-refractivity contribution in [1.29, 1.82) is 0 Å². The van der Waals surface area contributed by atoms with Crippen LogP contribution < -0.4 is 20.5 Å². The molecule has 1 heterocycles. The molecule has 10 nitrogen and oxygen atoms in total. The number of methoxy groups -OCH3 is 1. The van der Waals surface area contributed by atoms with Gasteiger partial charge in [-0.15, -0.1) is 0 Å². The first kappa shape index (κ1) is 23.1. The minimum atomic E-state index is -0.531. The molecule has 0 aliphatic carbocycles. The molecule has 30 heavy (non-hydrogen) atoms. The Kier molecular flexibility index (Phi) is 8.60. The van der Waals surface area contributed by atoms with Gasteiger partial charge >= 0.3 is 5.69 Å². The van der Waals surface area contributed by atoms with Crippen molar-refractivity contribution in [3.63, 3.8) is 0 Å². The van der Waals surface area contributed by atoms with Gasteiger partial charge in [-0.2, -0.15) is 10.2 Å². The molecular weight excluding hydrogens is 414 g/mol. The van der Waals surface area contributed by atoms with Crippen LogP contribution in [0.15, 0.2) is 28.2 Å². The SMILES string of the molecule is CCCCCCOc1c(OC)cc(/C=N\Nc2cnn(C)c(=O)c2Cl)cc1[N+](=O)[O-]. The smallest absolute Gasteiger partial charge is 0.315 e. The van der Waals surface area contributed by atoms with Gasteiger partial charge in [-0.1, -0.05) is 37.8 Å². The summed E-state index contributed by atoms with van der Waals surface area (Å²) >= 11 is 5.96. The normalized spacial score (nSPS) is 10.9. The van der Waals surface area contributed by atoms with Crippen LogP contribution in [0.1, 0.15) is 38.2 Å². The van der Waals surface area contributed by atoms with Crippen molar-refractivity contribution in [1.82, 2.24) is 9.78 Å². The van der Waals surface area contributed by atoms with Gasteiger partial charge in [-0.25, -0.2) is 4.68 Å². The minimum absolute atomic E-state index is 0.0694. The maximum absolute atomic E-state index is 11.8. The van der Waals surface area contributed by atoms with E-state index < -0.39 is 10.5 Å². The zero-order valence-electron chi connectivity index (χ0n) is 17.1. The van der Waals surface area contributed by atoms with Crippen molar-refractivity contribution < 1.29 is 14.4 Å². The van der Waals surface area contributed by atoms with Crippen molar-refractivity contribution in [2.24, 2.45) is 12.1 Å². The molecule has 1 N–H and O–H groups in total. The van der Waals surface area contributed by atoms with Crippen molar-refractivity contribution in [2.45, 2.75) is 32.6 Å². The number of hydrazone groups is 1. The van der Waals surface area contributed by atoms with Gasteiger partial charge < -0.3 is 9.47 Å². The molecule has 162 valence electrons. The van der Waals surface area contributed by atoms with Crippen LogP contribution in [0, 0.1) is 10.1 Å². The lowest BCUT2D eigenvalue weighted by molar-refractivity contribution is -0.386. The molecule has 0 bridgehead atoms. The fraction of sp³-hybridized carbons (Fsp3) is 0.421. The Labute approximate surface area is 178 Å². The van der Waals surface area contributed by atoms with Crippen molar-refractivity contribution in [3.05, 3.63) is 49.4 Å². The number of aromatic nitrogens is 2. The van der Waals surface area contributed by atoms with Gasteiger partial charge in [0, 0.05) is 18.7 Å². The maximum Gasteiger partial charge on any atom is 0.315 e. The van der Waals surface area contributed by atoms with E-state index in [4.69, 9.17) is 21.1 Å². The predicted molar refractivity (Wildman–Crippen MR) is 115 cm³/mol. The molecule has 0 spiro atoms. The van der Waals surface area contributed by atoms with E-state index in [0.717, 1.165) is 30.4 Å². The summed E-state index contributed by atoms with van der Waals surface area (Å²) in [6, 6.07) is 2.91. The average Bonchev–Trinajstić information content (AvgIpc) is 2.73. The highest BCUT2D eigenvalue weighted by atomic mass is 35.5. The fourth-order valence-corrected chi connectivity index (χ4v) is 2.80. The van der Waals surface area contributed by atoms with E-state index in [-0.39, 0.29) is 27.9 Å². The van der Waals surface area contributed by atoms with Gasteiger partial charge in [-0.3, -0.25) is 20.3 Å². The third-order valence-electron chi connectivity index (χ3n) is 4.20. The zero-order valence-corrected chi connectivity index (χ0v) is 17.8. The van der Waals surface area contributed by atoms with Crippen molar-refractivity contribution in [3.8, 4) is 11.5 Å². The molecule has 2 rings (SSSR count). The summed E-state index contributed by atoms with van der Waals surface area (Å²) in [5.74, 6) is 0.317. The number of nitro benzene ring substituents is 1. The highest BCUT2D eigenvalue weighted by Gasteiger charge is 2.22. The summed E-state index contributed by atoms with van der Waals surface area (Å²) < 4.78 is 12.0. The highest BCUT2D eigenvalue weighted by Crippen LogP contribution is 2.38. The first-order valence-corrected chi connectivity index (χ1v) is 9.76. The second-order valence-corrected chi connectivity index (χ2v) is 6.79. The van der Waals surface area contributed by atoms with E-state index in [9.17, 15) is 14.9 Å². The monoisotopic (exact) mass is 437 g/mol. The number of hydrogen-bond acceptors (Lipinski definition) is 8. The number of halogens is 1. The second-order valence-electron chi connectivity index (χ2n) is 6.41. The Bertz CT molecular complexity index is 977. The molecule has 0 amide bonds. The van der Waals surface area contributed by atoms with Crippen LogP contribution in [0.3, 0.4) is 0 Å². The van der Waals surface area contributed by atoms with E-state index >= 15 is 0 Å². The summed E-state index contributed by atoms with van der Waals surface area (Å²) in [6.45, 7) is 2.46. The van der Waals surface area contributed by atoms with Gasteiger partial charge in [0.15, 0.2) is 5.75 Å². The molecule has 0 unspecified atom stereocenters. The zero-order chi connectivity index (χ0) is 22.1. The number of benzene rings is 1. The molecule has 0 saturated heterocycles. The average molecular weight is 438 g/mol. The number of ether oxygens (including phenoxy) is 2. The molecular formula is C19H24ClN5O5. The first-order chi connectivity index (χ1) is 14.4. The van der Waals surface area contributed by atoms with Crippen LogP contribution in [-0.4, -0.2) is 34.6 Å². The number of hydrogen-bond donors (Lipinski definition) is 1. The number of nitrogens with one attached hydrogen (secondary N) is 1. The lowest BCUT2D eigenvalue weighted by Crippen LogP contribution is -2.20. The lowest BCUT2D eigenvalue weighted by atomic mass is 10.1. The topological polar surface area (TPSA) is 121 Å². The molecule has 1 aromatic heterocycles. The van der Waals surface area contributed by atoms with Crippen LogP contribution >= 0.6 is 11.6 Å². The number of anilines is 1. The Morgan fingerprint density at radius 1 is 1.37 bits per heavy atom. The number of unbranched alkanes of at least 4 members (excludes halogenated alkanes) is 3. The number of nitrogens with zero attached hydrogens (tertiary/aromatic N) is 4. The third-order valence-corrected chi connectivity index (χ3v) is 4.56. The Morgan fingerprint density at radius 3 is 2.80 bits per heavy atom. The molecule has 11 heteroatoms. The van der Waals surface area contributed by atoms with Crippen LogP contribution in [0.2, 0.25) is 5.02 Å². The third kappa shape index (κ3) is 5.93. The first-order valence-electron chi connectivity index (χ1n) is 9.39. The van der Waals surface area contributed by atoms with Crippen molar-refractivity contribution in [2.75, 3.05) is 19.1 Å². The molecule has 0 saturated carbocycles. The van der Waals surface area contributed by atoms with E-state index in [1.165, 1.54) is 32.6 Å². The number of nitro groups is 1. The molecule has 2 aromatic rings. The Hall–Kier alpha value is -3.14. The van der Waals surface area contributed by atoms with Gasteiger partial charge in [0.05, 0.1) is 31.1 Å². The van der Waals surface area contributed by atoms with Crippen LogP contribution in [0.25, 0.3) is 0 Å². The fourth-order valence-electron chi connectivity index (χ4n) is 2.58. The summed E-state index contributed by atoms with van der Waals surface area (Å²) in [4.78, 5) is 22.8. The summed E-state index contributed by atoms with van der Waals surface area (Å²) in [5.41, 5.74) is 2.52. The highest BCUT2D eigenvalue weighted by molar-refractivity contribution is 6.32. The summed E-state index contributed by atoms with van der Waals surface area (Å²) in [7, 11) is 2.88. The van der Waals surface area contributed by atoms with Crippen molar-refractivity contribution >= 4 is 29.2 Å². The van der Waals surface area contributed by atoms with Crippen LogP contribution in [-0.2, 0) is 7.05 Å². The van der Waals surface area contributed by atoms with Gasteiger partial charge in [0.25, 0.3) is 5.56 Å². The quantitative estimate of drug-likeness (QED) is 0.246. The summed E-state index contributed by atoms with van der Waals surface area (Å²) in [5, 5.41) is 19.3. The Balaban J connectivity index is 2.21. The van der Waals surface area contributed by atoms with E-state index in [1.807, 2.05) is 0 Å². The minimum Gasteiger partial charge on any atom is -0.493 e. The molecule has 1 aromatic carbocycles. The molecule has 0 radical (unpaired) electrons. The lowest BCUT2D eigenvalue weighted by Gasteiger charge is -2.12. The van der Waals surface area contributed by atoms with E-state index in [1.54, 1.807) is 6.07 Å². The summed E-state index contributed by atoms with van der Waals surface area (Å²) in [6.07, 6.45) is 6.64. The van der Waals surface area contributed by atoms with Crippen LogP contribution in [0.4, 0.5) is 11.4 Å². The Morgan fingerprint density at radius 2 is 2.13 bits per heavy atom. The molecule has 0 aliphatic heterocycles. The number of aryl methyl sites for hydroxylation is 1. The van der Waals surface area contributed by atoms with E-state index in [0.29, 0.717) is 12.2 Å². The molecule has 0 aliphatic rings. The van der Waals surface area contributed by atoms with Gasteiger partial charge in [-0.05, 0) is 12.5 Å². The largest absolute Gasteiger partial charge is 0.493 e. The molecule has 0 fully saturated rings. The standard InChI is InChI=1S/C19H24ClN5O5/c1-4-5-6-7-8-30-18-15(25(27)28)9-13(10-16(18)29-3)11-21-23-14-12-22-24(2)19(26)17(14)20/h9-12,23H,4-8H2,1-3H3/b21-11-. The van der Waals surface area contributed by atoms with Gasteiger partial charge in [0.1, 0.15) is 10.7 Å².